The molecule has 0 aliphatic carbocycles. The zero-order valence-electron chi connectivity index (χ0n) is 13.8. The van der Waals surface area contributed by atoms with E-state index in [0.717, 1.165) is 5.56 Å². The van der Waals surface area contributed by atoms with Crippen molar-refractivity contribution in [3.63, 3.8) is 0 Å². The van der Waals surface area contributed by atoms with Gasteiger partial charge in [-0.1, -0.05) is 30.3 Å². The lowest BCUT2D eigenvalue weighted by molar-refractivity contribution is -0.141. The van der Waals surface area contributed by atoms with Gasteiger partial charge in [0.1, 0.15) is 11.5 Å². The first-order valence-electron chi connectivity index (χ1n) is 7.95. The topological polar surface area (TPSA) is 87.1 Å². The third-order valence-electron chi connectivity index (χ3n) is 4.59. The van der Waals surface area contributed by atoms with Gasteiger partial charge >= 0.3 is 5.97 Å². The van der Waals surface area contributed by atoms with Crippen molar-refractivity contribution in [1.82, 2.24) is 4.90 Å². The van der Waals surface area contributed by atoms with Crippen LogP contribution in [0.4, 0.5) is 0 Å². The summed E-state index contributed by atoms with van der Waals surface area (Å²) in [7, 11) is 1.47. The minimum Gasteiger partial charge on any atom is -0.507 e. The number of likely N-dealkylation sites (tertiary alicyclic amines) is 1. The molecule has 1 amide bonds. The Labute approximate surface area is 145 Å². The van der Waals surface area contributed by atoms with Gasteiger partial charge in [-0.15, -0.1) is 0 Å². The van der Waals surface area contributed by atoms with Gasteiger partial charge < -0.3 is 19.8 Å². The fourth-order valence-corrected chi connectivity index (χ4v) is 3.25. The molecule has 1 aliphatic heterocycles. The maximum atomic E-state index is 12.7. The van der Waals surface area contributed by atoms with Gasteiger partial charge in [0.25, 0.3) is 5.91 Å². The lowest BCUT2D eigenvalue weighted by Crippen LogP contribution is -2.30. The van der Waals surface area contributed by atoms with E-state index in [-0.39, 0.29) is 29.7 Å². The summed E-state index contributed by atoms with van der Waals surface area (Å²) >= 11 is 0. The number of rotatable bonds is 4. The van der Waals surface area contributed by atoms with Crippen LogP contribution in [-0.4, -0.2) is 47.2 Å². The van der Waals surface area contributed by atoms with Gasteiger partial charge in [0.15, 0.2) is 0 Å². The van der Waals surface area contributed by atoms with Crippen LogP contribution in [0.5, 0.6) is 11.5 Å². The normalized spacial score (nSPS) is 19.6. The van der Waals surface area contributed by atoms with Gasteiger partial charge in [0.2, 0.25) is 0 Å². The summed E-state index contributed by atoms with van der Waals surface area (Å²) in [6.45, 7) is 0.407. The molecular weight excluding hydrogens is 322 g/mol. The fraction of sp³-hybridized carbons (Fsp3) is 0.263. The van der Waals surface area contributed by atoms with Crippen LogP contribution in [0.3, 0.4) is 0 Å². The zero-order chi connectivity index (χ0) is 18.0. The summed E-state index contributed by atoms with van der Waals surface area (Å²) in [5.74, 6) is -2.00. The second kappa shape index (κ2) is 6.84. The van der Waals surface area contributed by atoms with Gasteiger partial charge in [-0.3, -0.25) is 9.59 Å². The quantitative estimate of drug-likeness (QED) is 0.891. The van der Waals surface area contributed by atoms with Crippen LogP contribution in [0.1, 0.15) is 21.8 Å². The van der Waals surface area contributed by atoms with Gasteiger partial charge in [0, 0.05) is 25.1 Å². The van der Waals surface area contributed by atoms with E-state index in [0.29, 0.717) is 12.3 Å². The SMILES string of the molecule is COc1ccc(C(=O)N2C[C@@H](C(=O)O)[C@H](c3ccccc3)C2)c(O)c1. The fourth-order valence-electron chi connectivity index (χ4n) is 3.25. The monoisotopic (exact) mass is 341 g/mol. The second-order valence-corrected chi connectivity index (χ2v) is 6.06. The maximum absolute atomic E-state index is 12.7. The molecular formula is C19H19NO5. The Morgan fingerprint density at radius 3 is 2.44 bits per heavy atom. The Morgan fingerprint density at radius 2 is 1.84 bits per heavy atom. The molecule has 1 heterocycles. The van der Waals surface area contributed by atoms with Crippen molar-refractivity contribution in [3.8, 4) is 11.5 Å². The summed E-state index contributed by atoms with van der Waals surface area (Å²) in [5, 5.41) is 19.6. The number of carboxylic acids is 1. The van der Waals surface area contributed by atoms with E-state index < -0.39 is 11.9 Å². The summed E-state index contributed by atoms with van der Waals surface area (Å²) in [5.41, 5.74) is 1.03. The van der Waals surface area contributed by atoms with Crippen molar-refractivity contribution >= 4 is 11.9 Å². The lowest BCUT2D eigenvalue weighted by atomic mass is 9.89. The first-order chi connectivity index (χ1) is 12.0. The first kappa shape index (κ1) is 16.8. The number of aliphatic carboxylic acids is 1. The molecule has 0 aromatic heterocycles. The Morgan fingerprint density at radius 1 is 1.12 bits per heavy atom. The predicted octanol–water partition coefficient (Wildman–Crippen LogP) is 2.34. The van der Waals surface area contributed by atoms with Crippen molar-refractivity contribution in [3.05, 3.63) is 59.7 Å². The van der Waals surface area contributed by atoms with Gasteiger partial charge in [-0.25, -0.2) is 0 Å². The van der Waals surface area contributed by atoms with Crippen LogP contribution < -0.4 is 4.74 Å². The summed E-state index contributed by atoms with van der Waals surface area (Å²) in [6, 6.07) is 13.8. The minimum atomic E-state index is -0.928. The van der Waals surface area contributed by atoms with Crippen LogP contribution in [0.2, 0.25) is 0 Å². The van der Waals surface area contributed by atoms with Crippen molar-refractivity contribution in [2.75, 3.05) is 20.2 Å². The van der Waals surface area contributed by atoms with E-state index in [2.05, 4.69) is 0 Å². The number of hydrogen-bond acceptors (Lipinski definition) is 4. The highest BCUT2D eigenvalue weighted by atomic mass is 16.5. The molecule has 0 bridgehead atoms. The third kappa shape index (κ3) is 3.28. The molecule has 3 rings (SSSR count). The molecule has 130 valence electrons. The van der Waals surface area contributed by atoms with Crippen LogP contribution in [0.15, 0.2) is 48.5 Å². The molecule has 2 aromatic carbocycles. The van der Waals surface area contributed by atoms with E-state index in [1.165, 1.54) is 24.1 Å². The Balaban J connectivity index is 1.86. The molecule has 2 atom stereocenters. The van der Waals surface area contributed by atoms with E-state index >= 15 is 0 Å². The molecule has 6 nitrogen and oxygen atoms in total. The van der Waals surface area contributed by atoms with Gasteiger partial charge in [0.05, 0.1) is 18.6 Å². The number of hydrogen-bond donors (Lipinski definition) is 2. The standard InChI is InChI=1S/C19H19NO5/c1-25-13-7-8-14(17(21)9-13)18(22)20-10-15(16(11-20)19(23)24)12-5-3-2-4-6-12/h2-9,15-16,21H,10-11H2,1H3,(H,23,24)/t15-,16+/m0/s1. The molecule has 25 heavy (non-hydrogen) atoms. The Hall–Kier alpha value is -3.02. The maximum Gasteiger partial charge on any atom is 0.308 e. The van der Waals surface area contributed by atoms with E-state index in [9.17, 15) is 19.8 Å². The van der Waals surface area contributed by atoms with Crippen molar-refractivity contribution in [2.45, 2.75) is 5.92 Å². The largest absolute Gasteiger partial charge is 0.507 e. The van der Waals surface area contributed by atoms with E-state index in [1.807, 2.05) is 30.3 Å². The number of ether oxygens (including phenoxy) is 1. The van der Waals surface area contributed by atoms with Crippen LogP contribution >= 0.6 is 0 Å². The number of carbonyl (C=O) groups is 2. The smallest absolute Gasteiger partial charge is 0.308 e. The number of benzene rings is 2. The van der Waals surface area contributed by atoms with Gasteiger partial charge in [-0.05, 0) is 17.7 Å². The van der Waals surface area contributed by atoms with Crippen molar-refractivity contribution in [2.24, 2.45) is 5.92 Å². The number of amides is 1. The predicted molar refractivity (Wildman–Crippen MR) is 90.9 cm³/mol. The average molecular weight is 341 g/mol. The average Bonchev–Trinajstić information content (AvgIpc) is 3.07. The Bertz CT molecular complexity index is 790. The number of methoxy groups -OCH3 is 1. The summed E-state index contributed by atoms with van der Waals surface area (Å²) < 4.78 is 5.02. The molecule has 1 fully saturated rings. The molecule has 0 spiro atoms. The third-order valence-corrected chi connectivity index (χ3v) is 4.59. The molecule has 2 N–H and O–H groups in total. The molecule has 2 aromatic rings. The summed E-state index contributed by atoms with van der Waals surface area (Å²) in [6.07, 6.45) is 0. The minimum absolute atomic E-state index is 0.110. The number of nitrogens with zero attached hydrogens (tertiary/aromatic N) is 1. The number of carbonyl (C=O) groups excluding carboxylic acids is 1. The van der Waals surface area contributed by atoms with Crippen molar-refractivity contribution in [1.29, 1.82) is 0 Å². The molecule has 0 unspecified atom stereocenters. The number of phenols is 1. The first-order valence-corrected chi connectivity index (χ1v) is 7.95. The number of phenolic OH excluding ortho intramolecular Hbond substituents is 1. The van der Waals surface area contributed by atoms with Crippen LogP contribution in [0.25, 0.3) is 0 Å². The van der Waals surface area contributed by atoms with E-state index in [4.69, 9.17) is 4.74 Å². The molecule has 0 radical (unpaired) electrons. The number of aromatic hydroxyl groups is 1. The summed E-state index contributed by atoms with van der Waals surface area (Å²) in [4.78, 5) is 25.9. The van der Waals surface area contributed by atoms with Crippen LogP contribution in [0, 0.1) is 5.92 Å². The highest BCUT2D eigenvalue weighted by Gasteiger charge is 2.41. The lowest BCUT2D eigenvalue weighted by Gasteiger charge is -2.17. The molecule has 6 heteroatoms. The van der Waals surface area contributed by atoms with E-state index in [1.54, 1.807) is 6.07 Å². The Kier molecular flexibility index (Phi) is 4.61. The molecule has 1 saturated heterocycles. The number of carboxylic acid groups (broad SMARTS) is 1. The second-order valence-electron chi connectivity index (χ2n) is 6.06. The van der Waals surface area contributed by atoms with Crippen molar-refractivity contribution < 1.29 is 24.5 Å². The van der Waals surface area contributed by atoms with Gasteiger partial charge in [-0.2, -0.15) is 0 Å². The molecule has 0 saturated carbocycles. The molecule has 1 aliphatic rings. The highest BCUT2D eigenvalue weighted by molar-refractivity contribution is 5.97. The van der Waals surface area contributed by atoms with Crippen LogP contribution in [-0.2, 0) is 4.79 Å². The highest BCUT2D eigenvalue weighted by Crippen LogP contribution is 2.35. The zero-order valence-corrected chi connectivity index (χ0v) is 13.8.